The maximum Gasteiger partial charge on any atom is 0.156 e. The van der Waals surface area contributed by atoms with Crippen LogP contribution in [0.3, 0.4) is 0 Å². The van der Waals surface area contributed by atoms with Crippen LogP contribution in [0.1, 0.15) is 17.0 Å². The van der Waals surface area contributed by atoms with Crippen LogP contribution in [0.25, 0.3) is 33.4 Å². The molecule has 6 rings (SSSR count). The van der Waals surface area contributed by atoms with Crippen molar-refractivity contribution in [1.82, 2.24) is 25.1 Å². The Morgan fingerprint density at radius 3 is 2.34 bits per heavy atom. The molecule has 3 aromatic carbocycles. The Morgan fingerprint density at radius 1 is 0.771 bits per heavy atom. The van der Waals surface area contributed by atoms with Crippen LogP contribution in [0.4, 0.5) is 0 Å². The van der Waals surface area contributed by atoms with Crippen molar-refractivity contribution < 1.29 is 4.74 Å². The third kappa shape index (κ3) is 4.71. The highest BCUT2D eigenvalue weighted by molar-refractivity contribution is 5.83. The minimum atomic E-state index is 0.619. The van der Waals surface area contributed by atoms with Gasteiger partial charge in [0.05, 0.1) is 13.2 Å². The Bertz CT molecular complexity index is 1420. The minimum Gasteiger partial charge on any atom is -0.379 e. The number of H-pyrrole nitrogens is 1. The molecule has 6 heteroatoms. The van der Waals surface area contributed by atoms with Crippen LogP contribution in [-0.4, -0.2) is 51.4 Å². The second kappa shape index (κ2) is 9.78. The number of hydrogen-bond acceptors (Lipinski definition) is 5. The first-order valence-electron chi connectivity index (χ1n) is 12.1. The zero-order chi connectivity index (χ0) is 23.5. The lowest BCUT2D eigenvalue weighted by atomic mass is 10.0. The maximum atomic E-state index is 5.48. The van der Waals surface area contributed by atoms with Gasteiger partial charge in [0.15, 0.2) is 5.82 Å². The summed E-state index contributed by atoms with van der Waals surface area (Å²) in [6.45, 7) is 4.51. The lowest BCUT2D eigenvalue weighted by Gasteiger charge is -2.26. The van der Waals surface area contributed by atoms with Crippen molar-refractivity contribution in [3.05, 3.63) is 102 Å². The van der Waals surface area contributed by atoms with Crippen LogP contribution in [0.2, 0.25) is 0 Å². The molecule has 0 spiro atoms. The van der Waals surface area contributed by atoms with Gasteiger partial charge in [0.25, 0.3) is 0 Å². The van der Waals surface area contributed by atoms with Gasteiger partial charge in [-0.3, -0.25) is 4.90 Å². The molecule has 0 saturated carbocycles. The van der Waals surface area contributed by atoms with Gasteiger partial charge in [-0.05, 0) is 17.2 Å². The van der Waals surface area contributed by atoms with Gasteiger partial charge < -0.3 is 9.72 Å². The van der Waals surface area contributed by atoms with E-state index in [0.29, 0.717) is 12.2 Å². The lowest BCUT2D eigenvalue weighted by Crippen LogP contribution is -2.35. The summed E-state index contributed by atoms with van der Waals surface area (Å²) in [5, 5.41) is 10.4. The molecule has 35 heavy (non-hydrogen) atoms. The summed E-state index contributed by atoms with van der Waals surface area (Å²) >= 11 is 0. The molecule has 5 aromatic rings. The average Bonchev–Trinajstić information content (AvgIpc) is 3.33. The summed E-state index contributed by atoms with van der Waals surface area (Å²) in [6, 6.07) is 27.2. The van der Waals surface area contributed by atoms with Gasteiger partial charge in [-0.2, -0.15) is 0 Å². The third-order valence-electron chi connectivity index (χ3n) is 6.54. The molecule has 1 aliphatic heterocycles. The van der Waals surface area contributed by atoms with Crippen LogP contribution >= 0.6 is 0 Å². The lowest BCUT2D eigenvalue weighted by molar-refractivity contribution is 0.0342. The second-order valence-corrected chi connectivity index (χ2v) is 8.91. The van der Waals surface area contributed by atoms with E-state index < -0.39 is 0 Å². The summed E-state index contributed by atoms with van der Waals surface area (Å²) in [5.74, 6) is 0.710. The Labute approximate surface area is 204 Å². The van der Waals surface area contributed by atoms with Crippen molar-refractivity contribution in [2.45, 2.75) is 13.0 Å². The third-order valence-corrected chi connectivity index (χ3v) is 6.54. The maximum absolute atomic E-state index is 5.48. The Hall–Kier alpha value is -3.87. The molecule has 0 atom stereocenters. The van der Waals surface area contributed by atoms with Crippen molar-refractivity contribution in [2.24, 2.45) is 0 Å². The van der Waals surface area contributed by atoms with Crippen molar-refractivity contribution in [2.75, 3.05) is 26.3 Å². The fraction of sp³-hybridized carbons (Fsp3) is 0.207. The number of rotatable bonds is 6. The van der Waals surface area contributed by atoms with Crippen LogP contribution in [0, 0.1) is 0 Å². The number of benzene rings is 3. The highest BCUT2D eigenvalue weighted by Crippen LogP contribution is 2.29. The number of hydrogen-bond donors (Lipinski definition) is 1. The van der Waals surface area contributed by atoms with Gasteiger partial charge in [-0.25, -0.2) is 4.98 Å². The van der Waals surface area contributed by atoms with E-state index in [1.165, 1.54) is 16.5 Å². The number of fused-ring (bicyclic) bond motifs is 1. The molecule has 3 heterocycles. The molecule has 2 aromatic heterocycles. The van der Waals surface area contributed by atoms with Crippen molar-refractivity contribution in [1.29, 1.82) is 0 Å². The predicted octanol–water partition coefficient (Wildman–Crippen LogP) is 5.11. The number of ether oxygens (including phenoxy) is 1. The zero-order valence-electron chi connectivity index (χ0n) is 19.5. The molecular formula is C29H27N5O. The Balaban J connectivity index is 1.34. The summed E-state index contributed by atoms with van der Waals surface area (Å²) < 4.78 is 5.48. The Kier molecular flexibility index (Phi) is 6.05. The molecule has 0 unspecified atom stereocenters. The van der Waals surface area contributed by atoms with Crippen LogP contribution in [-0.2, 0) is 17.7 Å². The highest BCUT2D eigenvalue weighted by Gasteiger charge is 2.16. The van der Waals surface area contributed by atoms with Crippen LogP contribution in [0.15, 0.2) is 85.1 Å². The minimum absolute atomic E-state index is 0.619. The number of para-hydroxylation sites is 1. The van der Waals surface area contributed by atoms with Gasteiger partial charge in [0, 0.05) is 54.3 Å². The van der Waals surface area contributed by atoms with E-state index in [1.807, 2.05) is 30.5 Å². The standard InChI is InChI=1S/C29H27N5O/c1-2-6-22(7-3-1)29-28(23-12-10-21(11-13-23)20-34-14-16-35-17-15-34)31-27(32-33-29)18-24-19-30-26-9-5-4-8-25(24)26/h1-13,19,30H,14-18,20H2. The molecule has 1 N–H and O–H groups in total. The average molecular weight is 462 g/mol. The number of morpholine rings is 1. The van der Waals surface area contributed by atoms with E-state index in [2.05, 4.69) is 74.7 Å². The first-order chi connectivity index (χ1) is 17.3. The largest absolute Gasteiger partial charge is 0.379 e. The number of nitrogens with zero attached hydrogens (tertiary/aromatic N) is 4. The first kappa shape index (κ1) is 21.6. The quantitative estimate of drug-likeness (QED) is 0.381. The number of aromatic amines is 1. The van der Waals surface area contributed by atoms with E-state index in [4.69, 9.17) is 9.72 Å². The molecular weight excluding hydrogens is 434 g/mol. The van der Waals surface area contributed by atoms with E-state index in [-0.39, 0.29) is 0 Å². The first-order valence-corrected chi connectivity index (χ1v) is 12.1. The van der Waals surface area contributed by atoms with E-state index in [1.54, 1.807) is 0 Å². The smallest absolute Gasteiger partial charge is 0.156 e. The SMILES string of the molecule is c1ccc(-c2nnc(Cc3c[nH]c4ccccc34)nc2-c2ccc(CN3CCOCC3)cc2)cc1. The van der Waals surface area contributed by atoms with E-state index in [9.17, 15) is 0 Å². The summed E-state index contributed by atoms with van der Waals surface area (Å²) in [7, 11) is 0. The summed E-state index contributed by atoms with van der Waals surface area (Å²) in [4.78, 5) is 10.8. The normalized spacial score (nSPS) is 14.4. The predicted molar refractivity (Wildman–Crippen MR) is 138 cm³/mol. The summed E-state index contributed by atoms with van der Waals surface area (Å²) in [6.07, 6.45) is 2.66. The van der Waals surface area contributed by atoms with Crippen molar-refractivity contribution >= 4 is 10.9 Å². The Morgan fingerprint density at radius 2 is 1.51 bits per heavy atom. The van der Waals surface area contributed by atoms with Gasteiger partial charge in [-0.15, -0.1) is 10.2 Å². The molecule has 0 amide bonds. The molecule has 6 nitrogen and oxygen atoms in total. The molecule has 0 radical (unpaired) electrons. The number of aromatic nitrogens is 4. The zero-order valence-corrected chi connectivity index (χ0v) is 19.5. The van der Waals surface area contributed by atoms with Gasteiger partial charge in [-0.1, -0.05) is 72.8 Å². The molecule has 1 saturated heterocycles. The molecule has 0 bridgehead atoms. The molecule has 1 fully saturated rings. The van der Waals surface area contributed by atoms with Crippen LogP contribution < -0.4 is 0 Å². The topological polar surface area (TPSA) is 66.9 Å². The van der Waals surface area contributed by atoms with Crippen molar-refractivity contribution in [3.63, 3.8) is 0 Å². The number of nitrogens with one attached hydrogen (secondary N) is 1. The van der Waals surface area contributed by atoms with Gasteiger partial charge in [0.1, 0.15) is 11.4 Å². The highest BCUT2D eigenvalue weighted by atomic mass is 16.5. The van der Waals surface area contributed by atoms with Crippen LogP contribution in [0.5, 0.6) is 0 Å². The van der Waals surface area contributed by atoms with E-state index in [0.717, 1.165) is 60.9 Å². The fourth-order valence-corrected chi connectivity index (χ4v) is 4.66. The molecule has 0 aliphatic carbocycles. The van der Waals surface area contributed by atoms with E-state index >= 15 is 0 Å². The fourth-order valence-electron chi connectivity index (χ4n) is 4.66. The monoisotopic (exact) mass is 461 g/mol. The van der Waals surface area contributed by atoms with Gasteiger partial charge >= 0.3 is 0 Å². The molecule has 174 valence electrons. The molecule has 1 aliphatic rings. The van der Waals surface area contributed by atoms with Gasteiger partial charge in [0.2, 0.25) is 0 Å². The van der Waals surface area contributed by atoms with Crippen molar-refractivity contribution in [3.8, 4) is 22.5 Å². The summed E-state index contributed by atoms with van der Waals surface area (Å²) in [5.41, 5.74) is 7.29. The second-order valence-electron chi connectivity index (χ2n) is 8.91.